The molecule has 33 heavy (non-hydrogen) atoms. The van der Waals surface area contributed by atoms with Crippen molar-refractivity contribution in [1.29, 1.82) is 0 Å². The van der Waals surface area contributed by atoms with Crippen LogP contribution in [-0.2, 0) is 17.8 Å². The molecule has 2 aromatic carbocycles. The minimum Gasteiger partial charge on any atom is -0.381 e. The number of fused-ring (bicyclic) bond motifs is 4. The van der Waals surface area contributed by atoms with E-state index in [0.29, 0.717) is 41.9 Å². The number of ether oxygens (including phenoxy) is 1. The van der Waals surface area contributed by atoms with E-state index in [1.807, 2.05) is 23.5 Å². The summed E-state index contributed by atoms with van der Waals surface area (Å²) < 4.78 is 21.6. The van der Waals surface area contributed by atoms with Crippen molar-refractivity contribution in [2.45, 2.75) is 38.8 Å². The van der Waals surface area contributed by atoms with Gasteiger partial charge < -0.3 is 14.6 Å². The summed E-state index contributed by atoms with van der Waals surface area (Å²) in [6, 6.07) is 8.61. The lowest BCUT2D eigenvalue weighted by atomic mass is 9.99. The van der Waals surface area contributed by atoms with Crippen molar-refractivity contribution >= 4 is 22.5 Å². The van der Waals surface area contributed by atoms with Crippen molar-refractivity contribution in [3.05, 3.63) is 80.8 Å². The molecular formula is C25H23FN4O3. The summed E-state index contributed by atoms with van der Waals surface area (Å²) >= 11 is 0. The van der Waals surface area contributed by atoms with Gasteiger partial charge in [0.15, 0.2) is 0 Å². The molecule has 1 saturated heterocycles. The molecule has 1 N–H and O–H groups in total. The highest BCUT2D eigenvalue weighted by atomic mass is 19.1. The van der Waals surface area contributed by atoms with Crippen molar-refractivity contribution in [1.82, 2.24) is 19.3 Å². The number of amides is 1. The number of hydrogen-bond acceptors (Lipinski definition) is 4. The first-order chi connectivity index (χ1) is 16.0. The summed E-state index contributed by atoms with van der Waals surface area (Å²) in [6.45, 7) is 3.85. The Morgan fingerprint density at radius 1 is 1.18 bits per heavy atom. The van der Waals surface area contributed by atoms with Crippen LogP contribution in [0.2, 0.25) is 0 Å². The third-order valence-corrected chi connectivity index (χ3v) is 6.88. The van der Waals surface area contributed by atoms with E-state index in [2.05, 4.69) is 9.97 Å². The molecule has 0 atom stereocenters. The Morgan fingerprint density at radius 2 is 2.00 bits per heavy atom. The molecule has 2 aromatic heterocycles. The van der Waals surface area contributed by atoms with Crippen LogP contribution in [0.15, 0.2) is 41.3 Å². The zero-order valence-electron chi connectivity index (χ0n) is 18.2. The fourth-order valence-electron chi connectivity index (χ4n) is 5.11. The van der Waals surface area contributed by atoms with Gasteiger partial charge in [-0.1, -0.05) is 12.1 Å². The lowest BCUT2D eigenvalue weighted by Crippen LogP contribution is -2.26. The van der Waals surface area contributed by atoms with Gasteiger partial charge in [-0.3, -0.25) is 14.0 Å². The monoisotopic (exact) mass is 446 g/mol. The fourth-order valence-corrected chi connectivity index (χ4v) is 5.11. The lowest BCUT2D eigenvalue weighted by Gasteiger charge is -2.22. The molecule has 1 fully saturated rings. The summed E-state index contributed by atoms with van der Waals surface area (Å²) in [5, 5.41) is 0. The van der Waals surface area contributed by atoms with E-state index in [4.69, 9.17) is 4.74 Å². The topological polar surface area (TPSA) is 79.7 Å². The Bertz CT molecular complexity index is 1480. The number of H-pyrrole nitrogens is 1. The number of aromatic nitrogens is 3. The summed E-state index contributed by atoms with van der Waals surface area (Å²) in [4.78, 5) is 35.3. The molecule has 6 rings (SSSR count). The number of aryl methyl sites for hydroxylation is 1. The molecule has 0 unspecified atom stereocenters. The van der Waals surface area contributed by atoms with Gasteiger partial charge in [0.25, 0.3) is 11.5 Å². The standard InChI is InChI=1S/C25H23FN4O3/c1-14-9-21-20(10-17(14)25(32)29-12-16-3-2-4-19(26)18(16)13-29)28-24(31)22-11-27-23(30(21)22)15-5-7-33-8-6-15/h2-4,9-11,15H,5-8,12-13H2,1H3,(H,28,31). The van der Waals surface area contributed by atoms with Crippen LogP contribution in [0.25, 0.3) is 16.6 Å². The molecule has 7 nitrogen and oxygen atoms in total. The van der Waals surface area contributed by atoms with Crippen molar-refractivity contribution < 1.29 is 13.9 Å². The van der Waals surface area contributed by atoms with Crippen LogP contribution in [-0.4, -0.2) is 38.4 Å². The van der Waals surface area contributed by atoms with Gasteiger partial charge >= 0.3 is 0 Å². The van der Waals surface area contributed by atoms with Crippen LogP contribution in [0, 0.1) is 12.7 Å². The van der Waals surface area contributed by atoms with E-state index < -0.39 is 0 Å². The first-order valence-corrected chi connectivity index (χ1v) is 11.2. The number of hydrogen-bond donors (Lipinski definition) is 1. The first kappa shape index (κ1) is 20.1. The molecule has 168 valence electrons. The minimum absolute atomic E-state index is 0.179. The first-order valence-electron chi connectivity index (χ1n) is 11.2. The van der Waals surface area contributed by atoms with E-state index >= 15 is 0 Å². The maximum Gasteiger partial charge on any atom is 0.274 e. The highest BCUT2D eigenvalue weighted by molar-refractivity contribution is 5.99. The Kier molecular flexibility index (Phi) is 4.58. The van der Waals surface area contributed by atoms with Crippen LogP contribution in [0.3, 0.4) is 0 Å². The maximum absolute atomic E-state index is 14.2. The van der Waals surface area contributed by atoms with Crippen LogP contribution < -0.4 is 5.56 Å². The summed E-state index contributed by atoms with van der Waals surface area (Å²) in [6.07, 6.45) is 3.33. The summed E-state index contributed by atoms with van der Waals surface area (Å²) in [5.41, 5.74) is 4.33. The zero-order valence-corrected chi connectivity index (χ0v) is 18.2. The number of carbonyl (C=O) groups excluding carboxylic acids is 1. The zero-order chi connectivity index (χ0) is 22.7. The highest BCUT2D eigenvalue weighted by Gasteiger charge is 2.28. The molecule has 0 saturated carbocycles. The molecule has 0 radical (unpaired) electrons. The number of nitrogens with zero attached hydrogens (tertiary/aromatic N) is 3. The van der Waals surface area contributed by atoms with E-state index in [9.17, 15) is 14.0 Å². The number of benzene rings is 2. The second-order valence-electron chi connectivity index (χ2n) is 8.90. The molecule has 2 aliphatic rings. The van der Waals surface area contributed by atoms with E-state index in [-0.39, 0.29) is 29.7 Å². The minimum atomic E-state index is -0.287. The molecule has 8 heteroatoms. The molecule has 0 aliphatic carbocycles. The largest absolute Gasteiger partial charge is 0.381 e. The molecule has 1 amide bonds. The lowest BCUT2D eigenvalue weighted by molar-refractivity contribution is 0.0750. The Hall–Kier alpha value is -3.52. The van der Waals surface area contributed by atoms with Crippen molar-refractivity contribution in [3.63, 3.8) is 0 Å². The normalized spacial score (nSPS) is 16.6. The van der Waals surface area contributed by atoms with E-state index in [1.165, 1.54) is 6.07 Å². The van der Waals surface area contributed by atoms with Crippen LogP contribution in [0.1, 0.15) is 51.6 Å². The number of aromatic amines is 1. The Morgan fingerprint density at radius 3 is 2.79 bits per heavy atom. The third-order valence-electron chi connectivity index (χ3n) is 6.88. The Labute approximate surface area is 188 Å². The van der Waals surface area contributed by atoms with Gasteiger partial charge in [-0.25, -0.2) is 9.37 Å². The van der Waals surface area contributed by atoms with Crippen LogP contribution in [0.4, 0.5) is 4.39 Å². The maximum atomic E-state index is 14.2. The molecular weight excluding hydrogens is 423 g/mol. The fraction of sp³-hybridized carbons (Fsp3) is 0.320. The Balaban J connectivity index is 1.44. The number of rotatable bonds is 2. The highest BCUT2D eigenvalue weighted by Crippen LogP contribution is 2.30. The molecule has 4 aromatic rings. The summed E-state index contributed by atoms with van der Waals surface area (Å²) in [7, 11) is 0. The predicted octanol–water partition coefficient (Wildman–Crippen LogP) is 3.67. The van der Waals surface area contributed by atoms with Gasteiger partial charge in [0.05, 0.1) is 17.2 Å². The number of halogens is 1. The van der Waals surface area contributed by atoms with Crippen LogP contribution >= 0.6 is 0 Å². The average Bonchev–Trinajstić information content (AvgIpc) is 3.46. The SMILES string of the molecule is Cc1cc2c(cc1C(=O)N1Cc3cccc(F)c3C1)[nH]c(=O)c1cnc(C3CCOCC3)n12. The van der Waals surface area contributed by atoms with Gasteiger partial charge in [0.2, 0.25) is 0 Å². The second kappa shape index (κ2) is 7.52. The molecule has 0 spiro atoms. The van der Waals surface area contributed by atoms with E-state index in [1.54, 1.807) is 23.2 Å². The smallest absolute Gasteiger partial charge is 0.274 e. The molecule has 0 bridgehead atoms. The summed E-state index contributed by atoms with van der Waals surface area (Å²) in [5.74, 6) is 0.603. The van der Waals surface area contributed by atoms with Gasteiger partial charge in [0.1, 0.15) is 17.2 Å². The van der Waals surface area contributed by atoms with Crippen LogP contribution in [0.5, 0.6) is 0 Å². The number of nitrogens with one attached hydrogen (secondary N) is 1. The predicted molar refractivity (Wildman–Crippen MR) is 121 cm³/mol. The number of carbonyl (C=O) groups is 1. The molecule has 2 aliphatic heterocycles. The van der Waals surface area contributed by atoms with Gasteiger partial charge in [-0.15, -0.1) is 0 Å². The van der Waals surface area contributed by atoms with Crippen molar-refractivity contribution in [2.75, 3.05) is 13.2 Å². The average molecular weight is 446 g/mol. The number of imidazole rings is 1. The van der Waals surface area contributed by atoms with Gasteiger partial charge in [-0.05, 0) is 49.1 Å². The molecule has 4 heterocycles. The van der Waals surface area contributed by atoms with Gasteiger partial charge in [0, 0.05) is 43.3 Å². The van der Waals surface area contributed by atoms with Crippen molar-refractivity contribution in [2.24, 2.45) is 0 Å². The second-order valence-corrected chi connectivity index (χ2v) is 8.90. The van der Waals surface area contributed by atoms with Crippen molar-refractivity contribution in [3.8, 4) is 0 Å². The van der Waals surface area contributed by atoms with Gasteiger partial charge in [-0.2, -0.15) is 0 Å². The third kappa shape index (κ3) is 3.16. The van der Waals surface area contributed by atoms with E-state index in [0.717, 1.165) is 35.3 Å². The quantitative estimate of drug-likeness (QED) is 0.510.